The van der Waals surface area contributed by atoms with Crippen molar-refractivity contribution < 1.29 is 29.0 Å². The van der Waals surface area contributed by atoms with Gasteiger partial charge in [-0.3, -0.25) is 4.79 Å². The fourth-order valence-corrected chi connectivity index (χ4v) is 2.06. The first kappa shape index (κ1) is 15.6. The molecule has 0 fully saturated rings. The minimum atomic E-state index is -1.12. The van der Waals surface area contributed by atoms with Gasteiger partial charge in [-0.25, -0.2) is 9.59 Å². The molecule has 0 bridgehead atoms. The zero-order valence-corrected chi connectivity index (χ0v) is 12.0. The molecule has 1 aromatic heterocycles. The number of carbonyl (C=O) groups is 2. The standard InChI is InChI=1S/C15H14O7/c1-7-10-4-3-9(21-8(2)14(18)19)5-12(10)22-15(20)11(7)6-13(16)17/h3-5,8H,6H2,1-2H3,(H,16,17)(H,18,19). The zero-order valence-electron chi connectivity index (χ0n) is 12.0. The van der Waals surface area contributed by atoms with Crippen molar-refractivity contribution >= 4 is 22.9 Å². The van der Waals surface area contributed by atoms with E-state index in [4.69, 9.17) is 19.4 Å². The third-order valence-corrected chi connectivity index (χ3v) is 3.25. The summed E-state index contributed by atoms with van der Waals surface area (Å²) in [7, 11) is 0. The number of hydrogen-bond donors (Lipinski definition) is 2. The van der Waals surface area contributed by atoms with E-state index in [1.807, 2.05) is 0 Å². The molecule has 7 heteroatoms. The lowest BCUT2D eigenvalue weighted by Gasteiger charge is -2.11. The third-order valence-electron chi connectivity index (χ3n) is 3.25. The lowest BCUT2D eigenvalue weighted by Crippen LogP contribution is -2.22. The van der Waals surface area contributed by atoms with Gasteiger partial charge >= 0.3 is 17.6 Å². The summed E-state index contributed by atoms with van der Waals surface area (Å²) in [6.07, 6.45) is -1.46. The number of rotatable bonds is 5. The molecule has 22 heavy (non-hydrogen) atoms. The average Bonchev–Trinajstić information content (AvgIpc) is 2.42. The highest BCUT2D eigenvalue weighted by Gasteiger charge is 2.16. The van der Waals surface area contributed by atoms with Gasteiger partial charge in [0.2, 0.25) is 0 Å². The molecule has 0 spiro atoms. The Morgan fingerprint density at radius 2 is 2.00 bits per heavy atom. The van der Waals surface area contributed by atoms with Crippen molar-refractivity contribution in [3.05, 3.63) is 39.7 Å². The highest BCUT2D eigenvalue weighted by molar-refractivity contribution is 5.84. The molecule has 0 amide bonds. The maximum absolute atomic E-state index is 11.9. The van der Waals surface area contributed by atoms with E-state index < -0.39 is 30.1 Å². The van der Waals surface area contributed by atoms with Crippen molar-refractivity contribution in [2.24, 2.45) is 0 Å². The predicted octanol–water partition coefficient (Wildman–Crippen LogP) is 1.58. The second-order valence-electron chi connectivity index (χ2n) is 4.82. The molecule has 1 atom stereocenters. The maximum atomic E-state index is 11.9. The SMILES string of the molecule is Cc1c(CC(=O)O)c(=O)oc2cc(OC(C)C(=O)O)ccc12. The Hall–Kier alpha value is -2.83. The summed E-state index contributed by atoms with van der Waals surface area (Å²) in [6.45, 7) is 3.02. The van der Waals surface area contributed by atoms with E-state index in [1.54, 1.807) is 19.1 Å². The molecule has 0 saturated heterocycles. The predicted molar refractivity (Wildman–Crippen MR) is 76.3 cm³/mol. The Balaban J connectivity index is 2.49. The smallest absolute Gasteiger partial charge is 0.344 e. The normalized spacial score (nSPS) is 12.1. The molecule has 1 unspecified atom stereocenters. The minimum absolute atomic E-state index is 0.0903. The van der Waals surface area contributed by atoms with Crippen LogP contribution < -0.4 is 10.4 Å². The number of hydrogen-bond acceptors (Lipinski definition) is 5. The van der Waals surface area contributed by atoms with Gasteiger partial charge in [0.1, 0.15) is 11.3 Å². The molecule has 1 aromatic carbocycles. The highest BCUT2D eigenvalue weighted by atomic mass is 16.5. The molecule has 2 aromatic rings. The van der Waals surface area contributed by atoms with E-state index in [-0.39, 0.29) is 16.9 Å². The van der Waals surface area contributed by atoms with Crippen LogP contribution in [0.1, 0.15) is 18.1 Å². The fourth-order valence-electron chi connectivity index (χ4n) is 2.06. The Bertz CT molecular complexity index is 803. The van der Waals surface area contributed by atoms with Gasteiger partial charge in [-0.15, -0.1) is 0 Å². The van der Waals surface area contributed by atoms with E-state index >= 15 is 0 Å². The molecule has 2 N–H and O–H groups in total. The van der Waals surface area contributed by atoms with Gasteiger partial charge in [-0.1, -0.05) is 0 Å². The summed E-state index contributed by atoms with van der Waals surface area (Å²) in [5.41, 5.74) is 0.0987. The van der Waals surface area contributed by atoms with E-state index in [9.17, 15) is 14.4 Å². The Labute approximate surface area is 124 Å². The van der Waals surface area contributed by atoms with Crippen LogP contribution in [0.5, 0.6) is 5.75 Å². The van der Waals surface area contributed by atoms with Crippen LogP contribution in [0.3, 0.4) is 0 Å². The van der Waals surface area contributed by atoms with Crippen molar-refractivity contribution in [2.75, 3.05) is 0 Å². The third kappa shape index (κ3) is 3.08. The Morgan fingerprint density at radius 3 is 2.59 bits per heavy atom. The number of ether oxygens (including phenoxy) is 1. The number of fused-ring (bicyclic) bond motifs is 1. The second-order valence-corrected chi connectivity index (χ2v) is 4.82. The van der Waals surface area contributed by atoms with Crippen LogP contribution in [-0.2, 0) is 16.0 Å². The molecular formula is C15H14O7. The number of benzene rings is 1. The first-order valence-corrected chi connectivity index (χ1v) is 6.47. The summed E-state index contributed by atoms with van der Waals surface area (Å²) in [5, 5.41) is 18.2. The topological polar surface area (TPSA) is 114 Å². The molecule has 0 aliphatic carbocycles. The van der Waals surface area contributed by atoms with E-state index in [2.05, 4.69) is 0 Å². The van der Waals surface area contributed by atoms with Gasteiger partial charge < -0.3 is 19.4 Å². The van der Waals surface area contributed by atoms with Crippen LogP contribution in [0, 0.1) is 6.92 Å². The first-order chi connectivity index (χ1) is 10.3. The molecule has 2 rings (SSSR count). The van der Waals surface area contributed by atoms with Gasteiger partial charge in [0, 0.05) is 11.5 Å². The molecule has 7 nitrogen and oxygen atoms in total. The van der Waals surface area contributed by atoms with Crippen LogP contribution >= 0.6 is 0 Å². The summed E-state index contributed by atoms with van der Waals surface area (Å²) in [4.78, 5) is 33.4. The second kappa shape index (κ2) is 5.88. The lowest BCUT2D eigenvalue weighted by atomic mass is 10.0. The molecule has 0 saturated carbocycles. The fraction of sp³-hybridized carbons (Fsp3) is 0.267. The van der Waals surface area contributed by atoms with Crippen LogP contribution in [-0.4, -0.2) is 28.3 Å². The summed E-state index contributed by atoms with van der Waals surface area (Å²) in [5.74, 6) is -1.99. The van der Waals surface area contributed by atoms with Gasteiger partial charge in [0.15, 0.2) is 6.10 Å². The number of carboxylic acid groups (broad SMARTS) is 2. The molecule has 116 valence electrons. The number of aliphatic carboxylic acids is 2. The molecule has 0 aliphatic heterocycles. The van der Waals surface area contributed by atoms with Crippen molar-refractivity contribution in [1.82, 2.24) is 0 Å². The Kier molecular flexibility index (Phi) is 4.16. The molecule has 0 aliphatic rings. The van der Waals surface area contributed by atoms with Crippen LogP contribution in [0.2, 0.25) is 0 Å². The summed E-state index contributed by atoms with van der Waals surface area (Å²) >= 11 is 0. The van der Waals surface area contributed by atoms with Crippen molar-refractivity contribution in [3.8, 4) is 5.75 Å². The van der Waals surface area contributed by atoms with Crippen molar-refractivity contribution in [2.45, 2.75) is 26.4 Å². The van der Waals surface area contributed by atoms with Gasteiger partial charge in [-0.2, -0.15) is 0 Å². The average molecular weight is 306 g/mol. The van der Waals surface area contributed by atoms with Crippen LogP contribution in [0.4, 0.5) is 0 Å². The number of carboxylic acids is 2. The van der Waals surface area contributed by atoms with Gasteiger partial charge in [-0.05, 0) is 31.5 Å². The first-order valence-electron chi connectivity index (χ1n) is 6.47. The molecule has 0 radical (unpaired) electrons. The minimum Gasteiger partial charge on any atom is -0.481 e. The number of aryl methyl sites for hydroxylation is 1. The molecular weight excluding hydrogens is 292 g/mol. The highest BCUT2D eigenvalue weighted by Crippen LogP contribution is 2.25. The monoisotopic (exact) mass is 306 g/mol. The van der Waals surface area contributed by atoms with E-state index in [1.165, 1.54) is 13.0 Å². The van der Waals surface area contributed by atoms with Crippen LogP contribution in [0.15, 0.2) is 27.4 Å². The van der Waals surface area contributed by atoms with Gasteiger partial charge in [0.05, 0.1) is 12.0 Å². The van der Waals surface area contributed by atoms with Gasteiger partial charge in [0.25, 0.3) is 0 Å². The van der Waals surface area contributed by atoms with Crippen molar-refractivity contribution in [1.29, 1.82) is 0 Å². The van der Waals surface area contributed by atoms with E-state index in [0.29, 0.717) is 10.9 Å². The maximum Gasteiger partial charge on any atom is 0.344 e. The van der Waals surface area contributed by atoms with Crippen LogP contribution in [0.25, 0.3) is 11.0 Å². The molecule has 1 heterocycles. The zero-order chi connectivity index (χ0) is 16.4. The van der Waals surface area contributed by atoms with Crippen molar-refractivity contribution in [3.63, 3.8) is 0 Å². The van der Waals surface area contributed by atoms with E-state index in [0.717, 1.165) is 0 Å². The quantitative estimate of drug-likeness (QED) is 0.806. The Morgan fingerprint density at radius 1 is 1.32 bits per heavy atom. The summed E-state index contributed by atoms with van der Waals surface area (Å²) in [6, 6.07) is 4.55. The largest absolute Gasteiger partial charge is 0.481 e. The summed E-state index contributed by atoms with van der Waals surface area (Å²) < 4.78 is 10.3. The lowest BCUT2D eigenvalue weighted by molar-refractivity contribution is -0.144.